The fraction of sp³-hybridized carbons (Fsp3) is 0.391. The van der Waals surface area contributed by atoms with E-state index in [1.807, 2.05) is 66.4 Å². The predicted octanol–water partition coefficient (Wildman–Crippen LogP) is 3.07. The van der Waals surface area contributed by atoms with E-state index in [4.69, 9.17) is 4.74 Å². The van der Waals surface area contributed by atoms with Crippen molar-refractivity contribution in [2.24, 2.45) is 0 Å². The van der Waals surface area contributed by atoms with Crippen molar-refractivity contribution < 1.29 is 14.3 Å². The second-order valence-electron chi connectivity index (χ2n) is 7.37. The number of rotatable bonds is 6. The van der Waals surface area contributed by atoms with Crippen LogP contribution in [-0.4, -0.2) is 43.0 Å². The van der Waals surface area contributed by atoms with Crippen molar-refractivity contribution in [1.82, 2.24) is 10.2 Å². The van der Waals surface area contributed by atoms with Crippen LogP contribution >= 0.6 is 0 Å². The molecule has 0 aromatic heterocycles. The number of aryl methyl sites for hydroxylation is 1. The minimum atomic E-state index is -0.600. The molecule has 2 amide bonds. The van der Waals surface area contributed by atoms with Gasteiger partial charge in [0.25, 0.3) is 0 Å². The quantitative estimate of drug-likeness (QED) is 0.784. The maximum atomic E-state index is 13.2. The molecule has 0 aliphatic carbocycles. The van der Waals surface area contributed by atoms with Crippen LogP contribution in [0, 0.1) is 6.92 Å². The van der Waals surface area contributed by atoms with Gasteiger partial charge in [0, 0.05) is 20.0 Å². The normalized spacial score (nSPS) is 15.7. The smallest absolute Gasteiger partial charge is 0.230 e. The summed E-state index contributed by atoms with van der Waals surface area (Å²) in [5.74, 6) is 0.871. The van der Waals surface area contributed by atoms with E-state index in [0.717, 1.165) is 11.3 Å². The molecular formula is C23H28N2O3. The summed E-state index contributed by atoms with van der Waals surface area (Å²) >= 11 is 0. The van der Waals surface area contributed by atoms with Gasteiger partial charge in [0.15, 0.2) is 0 Å². The fourth-order valence-electron chi connectivity index (χ4n) is 3.74. The average molecular weight is 380 g/mol. The van der Waals surface area contributed by atoms with Crippen LogP contribution in [0.5, 0.6) is 5.75 Å². The third kappa shape index (κ3) is 4.53. The maximum Gasteiger partial charge on any atom is 0.230 e. The molecule has 2 aromatic carbocycles. The summed E-state index contributed by atoms with van der Waals surface area (Å²) in [5, 5.41) is 3.05. The van der Waals surface area contributed by atoms with Gasteiger partial charge < -0.3 is 15.0 Å². The number of benzene rings is 2. The van der Waals surface area contributed by atoms with Crippen molar-refractivity contribution in [2.45, 2.75) is 32.1 Å². The highest BCUT2D eigenvalue weighted by Crippen LogP contribution is 2.36. The zero-order chi connectivity index (χ0) is 20.0. The minimum absolute atomic E-state index is 0.00871. The van der Waals surface area contributed by atoms with Gasteiger partial charge in [-0.15, -0.1) is 0 Å². The summed E-state index contributed by atoms with van der Waals surface area (Å²) in [6, 6.07) is 17.7. The number of hydrogen-bond acceptors (Lipinski definition) is 3. The molecule has 1 heterocycles. The molecule has 5 nitrogen and oxygen atoms in total. The van der Waals surface area contributed by atoms with Crippen molar-refractivity contribution in [3.05, 3.63) is 65.7 Å². The van der Waals surface area contributed by atoms with E-state index in [1.54, 1.807) is 6.92 Å². The predicted molar refractivity (Wildman–Crippen MR) is 109 cm³/mol. The highest BCUT2D eigenvalue weighted by molar-refractivity contribution is 5.88. The topological polar surface area (TPSA) is 58.6 Å². The number of likely N-dealkylation sites (tertiary alicyclic amines) is 1. The SMILES string of the molecule is CC(=O)N1CCC(C(=O)NCCOc2ccc(C)cc2)(c2ccccc2)CC1. The highest BCUT2D eigenvalue weighted by Gasteiger charge is 2.43. The lowest BCUT2D eigenvalue weighted by Gasteiger charge is -2.40. The van der Waals surface area contributed by atoms with E-state index in [-0.39, 0.29) is 11.8 Å². The summed E-state index contributed by atoms with van der Waals surface area (Å²) in [7, 11) is 0. The highest BCUT2D eigenvalue weighted by atomic mass is 16.5. The molecule has 0 atom stereocenters. The summed E-state index contributed by atoms with van der Waals surface area (Å²) in [4.78, 5) is 26.7. The summed E-state index contributed by atoms with van der Waals surface area (Å²) < 4.78 is 5.72. The first-order chi connectivity index (χ1) is 13.5. The molecule has 0 bridgehead atoms. The van der Waals surface area contributed by atoms with Crippen LogP contribution in [0.1, 0.15) is 30.9 Å². The van der Waals surface area contributed by atoms with Crippen molar-refractivity contribution in [3.8, 4) is 5.75 Å². The Morgan fingerprint density at radius 1 is 1.04 bits per heavy atom. The molecule has 0 saturated carbocycles. The molecule has 1 aliphatic heterocycles. The Balaban J connectivity index is 1.62. The number of piperidine rings is 1. The van der Waals surface area contributed by atoms with Crippen LogP contribution < -0.4 is 10.1 Å². The molecule has 5 heteroatoms. The number of hydrogen-bond donors (Lipinski definition) is 1. The van der Waals surface area contributed by atoms with Gasteiger partial charge in [0.2, 0.25) is 11.8 Å². The van der Waals surface area contributed by atoms with Gasteiger partial charge in [-0.2, -0.15) is 0 Å². The number of carbonyl (C=O) groups is 2. The van der Waals surface area contributed by atoms with Gasteiger partial charge in [-0.1, -0.05) is 48.0 Å². The average Bonchev–Trinajstić information content (AvgIpc) is 2.73. The molecule has 0 radical (unpaired) electrons. The maximum absolute atomic E-state index is 13.2. The number of amides is 2. The molecule has 1 saturated heterocycles. The Bertz CT molecular complexity index is 794. The van der Waals surface area contributed by atoms with Crippen molar-refractivity contribution in [2.75, 3.05) is 26.2 Å². The first-order valence-corrected chi connectivity index (χ1v) is 9.80. The van der Waals surface area contributed by atoms with Crippen LogP contribution in [0.4, 0.5) is 0 Å². The molecule has 1 N–H and O–H groups in total. The molecule has 0 unspecified atom stereocenters. The standard InChI is InChI=1S/C23H28N2O3/c1-18-8-10-21(11-9-18)28-17-14-24-22(27)23(20-6-4-3-5-7-20)12-15-25(16-13-23)19(2)26/h3-11H,12-17H2,1-2H3,(H,24,27). The van der Waals surface area contributed by atoms with Gasteiger partial charge in [-0.25, -0.2) is 0 Å². The summed E-state index contributed by atoms with van der Waals surface area (Å²) in [5.41, 5.74) is 1.59. The second-order valence-corrected chi connectivity index (χ2v) is 7.37. The largest absolute Gasteiger partial charge is 0.492 e. The minimum Gasteiger partial charge on any atom is -0.492 e. The first kappa shape index (κ1) is 19.9. The van der Waals surface area contributed by atoms with Gasteiger partial charge in [-0.3, -0.25) is 9.59 Å². The fourth-order valence-corrected chi connectivity index (χ4v) is 3.74. The molecule has 28 heavy (non-hydrogen) atoms. The molecular weight excluding hydrogens is 352 g/mol. The van der Waals surface area contributed by atoms with Crippen molar-refractivity contribution in [1.29, 1.82) is 0 Å². The zero-order valence-corrected chi connectivity index (χ0v) is 16.6. The molecule has 1 fully saturated rings. The van der Waals surface area contributed by atoms with E-state index in [2.05, 4.69) is 5.32 Å². The third-order valence-electron chi connectivity index (χ3n) is 5.50. The Kier molecular flexibility index (Phi) is 6.34. The van der Waals surface area contributed by atoms with Gasteiger partial charge in [-0.05, 0) is 37.5 Å². The molecule has 148 valence electrons. The van der Waals surface area contributed by atoms with Crippen LogP contribution in [0.2, 0.25) is 0 Å². The van der Waals surface area contributed by atoms with E-state index in [1.165, 1.54) is 5.56 Å². The molecule has 3 rings (SSSR count). The Morgan fingerprint density at radius 3 is 2.29 bits per heavy atom. The van der Waals surface area contributed by atoms with Gasteiger partial charge in [0.05, 0.1) is 12.0 Å². The molecule has 1 aliphatic rings. The van der Waals surface area contributed by atoms with E-state index < -0.39 is 5.41 Å². The summed E-state index contributed by atoms with van der Waals surface area (Å²) in [6.45, 7) is 5.66. The van der Waals surface area contributed by atoms with Crippen LogP contribution in [0.25, 0.3) is 0 Å². The van der Waals surface area contributed by atoms with Gasteiger partial charge in [0.1, 0.15) is 12.4 Å². The number of nitrogens with one attached hydrogen (secondary N) is 1. The Hall–Kier alpha value is -2.82. The Labute approximate surface area is 166 Å². The first-order valence-electron chi connectivity index (χ1n) is 9.80. The lowest BCUT2D eigenvalue weighted by molar-refractivity contribution is -0.135. The van der Waals surface area contributed by atoms with E-state index in [9.17, 15) is 9.59 Å². The lowest BCUT2D eigenvalue weighted by Crippen LogP contribution is -2.53. The molecule has 2 aromatic rings. The van der Waals surface area contributed by atoms with E-state index >= 15 is 0 Å². The van der Waals surface area contributed by atoms with Gasteiger partial charge >= 0.3 is 0 Å². The third-order valence-corrected chi connectivity index (χ3v) is 5.50. The van der Waals surface area contributed by atoms with Crippen molar-refractivity contribution >= 4 is 11.8 Å². The van der Waals surface area contributed by atoms with Crippen LogP contribution in [-0.2, 0) is 15.0 Å². The zero-order valence-electron chi connectivity index (χ0n) is 16.6. The van der Waals surface area contributed by atoms with Crippen molar-refractivity contribution in [3.63, 3.8) is 0 Å². The monoisotopic (exact) mass is 380 g/mol. The summed E-state index contributed by atoms with van der Waals surface area (Å²) in [6.07, 6.45) is 1.25. The van der Waals surface area contributed by atoms with Crippen LogP contribution in [0.15, 0.2) is 54.6 Å². The van der Waals surface area contributed by atoms with Crippen LogP contribution in [0.3, 0.4) is 0 Å². The number of carbonyl (C=O) groups excluding carboxylic acids is 2. The number of ether oxygens (including phenoxy) is 1. The number of nitrogens with zero attached hydrogens (tertiary/aromatic N) is 1. The lowest BCUT2D eigenvalue weighted by atomic mass is 9.72. The Morgan fingerprint density at radius 2 is 1.68 bits per heavy atom. The second kappa shape index (κ2) is 8.91. The molecule has 0 spiro atoms. The van der Waals surface area contributed by atoms with E-state index in [0.29, 0.717) is 39.1 Å².